The highest BCUT2D eigenvalue weighted by molar-refractivity contribution is 14.1. The Bertz CT molecular complexity index is 772. The van der Waals surface area contributed by atoms with E-state index in [9.17, 15) is 4.79 Å². The van der Waals surface area contributed by atoms with Gasteiger partial charge in [-0.3, -0.25) is 0 Å². The van der Waals surface area contributed by atoms with Gasteiger partial charge in [-0.25, -0.2) is 4.79 Å². The third-order valence-electron chi connectivity index (χ3n) is 3.29. The molecule has 1 aromatic heterocycles. The van der Waals surface area contributed by atoms with Crippen molar-refractivity contribution >= 4 is 28.2 Å². The summed E-state index contributed by atoms with van der Waals surface area (Å²) in [5.74, 6) is 1.90. The zero-order valence-corrected chi connectivity index (χ0v) is 13.8. The fourth-order valence-electron chi connectivity index (χ4n) is 2.33. The van der Waals surface area contributed by atoms with E-state index in [1.54, 1.807) is 20.1 Å². The number of halogens is 1. The van der Waals surface area contributed by atoms with Gasteiger partial charge in [-0.05, 0) is 47.2 Å². The Morgan fingerprint density at radius 3 is 2.62 bits per heavy atom. The molecule has 0 bridgehead atoms. The molecular weight excluding hydrogens is 383 g/mol. The zero-order valence-electron chi connectivity index (χ0n) is 11.6. The first-order valence-corrected chi connectivity index (χ1v) is 7.49. The van der Waals surface area contributed by atoms with E-state index >= 15 is 0 Å². The topological polar surface area (TPSA) is 48.7 Å². The van der Waals surface area contributed by atoms with Crippen molar-refractivity contribution in [3.63, 3.8) is 0 Å². The minimum atomic E-state index is -0.371. The molecule has 0 fully saturated rings. The molecule has 4 nitrogen and oxygen atoms in total. The van der Waals surface area contributed by atoms with E-state index in [2.05, 4.69) is 22.6 Å². The number of rotatable bonds is 2. The van der Waals surface area contributed by atoms with Crippen molar-refractivity contribution in [2.24, 2.45) is 0 Å². The van der Waals surface area contributed by atoms with Crippen LogP contribution in [0.5, 0.6) is 11.5 Å². The molecule has 0 atom stereocenters. The Morgan fingerprint density at radius 1 is 1.24 bits per heavy atom. The highest BCUT2D eigenvalue weighted by atomic mass is 127. The minimum absolute atomic E-state index is 0.371. The van der Waals surface area contributed by atoms with Gasteiger partial charge in [0.25, 0.3) is 0 Å². The quantitative estimate of drug-likeness (QED) is 0.729. The van der Waals surface area contributed by atoms with Crippen LogP contribution in [0.2, 0.25) is 0 Å². The van der Waals surface area contributed by atoms with Crippen molar-refractivity contribution in [2.75, 3.05) is 13.7 Å². The molecular formula is C16H13IO4. The molecule has 2 heterocycles. The maximum atomic E-state index is 12.2. The molecule has 0 saturated carbocycles. The average Bonchev–Trinajstić information content (AvgIpc) is 2.48. The van der Waals surface area contributed by atoms with Crippen LogP contribution in [0, 0.1) is 6.92 Å². The van der Waals surface area contributed by atoms with Gasteiger partial charge < -0.3 is 13.9 Å². The molecule has 21 heavy (non-hydrogen) atoms. The summed E-state index contributed by atoms with van der Waals surface area (Å²) in [4.78, 5) is 12.2. The summed E-state index contributed by atoms with van der Waals surface area (Å²) >= 11 is 2.21. The van der Waals surface area contributed by atoms with Gasteiger partial charge in [-0.15, -0.1) is 0 Å². The predicted octanol–water partition coefficient (Wildman–Crippen LogP) is 3.54. The first-order valence-electron chi connectivity index (χ1n) is 6.41. The number of methoxy groups -OCH3 is 1. The van der Waals surface area contributed by atoms with Gasteiger partial charge in [-0.1, -0.05) is 12.1 Å². The van der Waals surface area contributed by atoms with E-state index in [-0.39, 0.29) is 5.63 Å². The van der Waals surface area contributed by atoms with E-state index in [0.29, 0.717) is 23.7 Å². The molecule has 0 aliphatic carbocycles. The largest absolute Gasteiger partial charge is 0.497 e. The van der Waals surface area contributed by atoms with Crippen LogP contribution in [0.3, 0.4) is 0 Å². The van der Waals surface area contributed by atoms with Gasteiger partial charge in [0.1, 0.15) is 29.4 Å². The lowest BCUT2D eigenvalue weighted by Gasteiger charge is -2.20. The average molecular weight is 396 g/mol. The molecule has 0 spiro atoms. The first-order chi connectivity index (χ1) is 10.1. The van der Waals surface area contributed by atoms with Crippen molar-refractivity contribution in [1.82, 2.24) is 0 Å². The van der Waals surface area contributed by atoms with Gasteiger partial charge in [0.15, 0.2) is 0 Å². The Morgan fingerprint density at radius 2 is 1.95 bits per heavy atom. The first kappa shape index (κ1) is 14.2. The number of benzene rings is 1. The highest BCUT2D eigenvalue weighted by Gasteiger charge is 2.25. The van der Waals surface area contributed by atoms with E-state index in [1.807, 2.05) is 24.3 Å². The molecule has 3 rings (SSSR count). The van der Waals surface area contributed by atoms with Crippen molar-refractivity contribution in [3.8, 4) is 11.5 Å². The maximum absolute atomic E-state index is 12.2. The van der Waals surface area contributed by atoms with Crippen molar-refractivity contribution in [3.05, 3.63) is 61.2 Å². The summed E-state index contributed by atoms with van der Waals surface area (Å²) < 4.78 is 17.0. The minimum Gasteiger partial charge on any atom is -0.497 e. The number of hydrogen-bond acceptors (Lipinski definition) is 4. The molecule has 1 aliphatic heterocycles. The summed E-state index contributed by atoms with van der Waals surface area (Å²) in [6.07, 6.45) is 0. The second-order valence-electron chi connectivity index (χ2n) is 4.68. The molecule has 5 heteroatoms. The van der Waals surface area contributed by atoms with Crippen molar-refractivity contribution in [2.45, 2.75) is 6.92 Å². The summed E-state index contributed by atoms with van der Waals surface area (Å²) in [6, 6.07) is 9.36. The number of fused-ring (bicyclic) bond motifs is 1. The van der Waals surface area contributed by atoms with Crippen LogP contribution in [0.25, 0.3) is 5.57 Å². The van der Waals surface area contributed by atoms with Crippen LogP contribution < -0.4 is 15.1 Å². The molecule has 0 unspecified atom stereocenters. The van der Waals surface area contributed by atoms with Crippen LogP contribution in [-0.4, -0.2) is 13.7 Å². The van der Waals surface area contributed by atoms with Gasteiger partial charge in [-0.2, -0.15) is 0 Å². The van der Waals surface area contributed by atoms with Crippen LogP contribution in [0.1, 0.15) is 16.9 Å². The fourth-order valence-corrected chi connectivity index (χ4v) is 3.07. The van der Waals surface area contributed by atoms with Gasteiger partial charge in [0.05, 0.1) is 7.11 Å². The second kappa shape index (κ2) is 5.55. The molecule has 1 aromatic carbocycles. The summed E-state index contributed by atoms with van der Waals surface area (Å²) in [6.45, 7) is 2.19. The van der Waals surface area contributed by atoms with Crippen molar-refractivity contribution in [1.29, 1.82) is 0 Å². The summed E-state index contributed by atoms with van der Waals surface area (Å²) in [7, 11) is 1.62. The normalized spacial score (nSPS) is 13.7. The third kappa shape index (κ3) is 2.57. The molecule has 0 N–H and O–H groups in total. The monoisotopic (exact) mass is 396 g/mol. The Hall–Kier alpha value is -1.76. The number of ether oxygens (including phenoxy) is 2. The van der Waals surface area contributed by atoms with E-state index in [0.717, 1.165) is 20.5 Å². The lowest BCUT2D eigenvalue weighted by molar-refractivity contribution is 0.344. The maximum Gasteiger partial charge on any atom is 0.347 e. The summed E-state index contributed by atoms with van der Waals surface area (Å²) in [5.41, 5.74) is 1.93. The molecule has 0 amide bonds. The van der Waals surface area contributed by atoms with Crippen molar-refractivity contribution < 1.29 is 13.9 Å². The second-order valence-corrected chi connectivity index (χ2v) is 5.98. The van der Waals surface area contributed by atoms with E-state index in [4.69, 9.17) is 13.9 Å². The standard InChI is InChI=1S/C16H13IO4/c1-9-7-13-15(16(18)21-9)14(12(17)8-20-13)10-3-5-11(19-2)6-4-10/h3-7H,8H2,1-2H3. The van der Waals surface area contributed by atoms with Crippen LogP contribution in [0.15, 0.2) is 43.1 Å². The predicted molar refractivity (Wildman–Crippen MR) is 88.2 cm³/mol. The molecule has 2 aromatic rings. The van der Waals surface area contributed by atoms with Crippen LogP contribution in [-0.2, 0) is 0 Å². The molecule has 0 radical (unpaired) electrons. The van der Waals surface area contributed by atoms with Gasteiger partial charge >= 0.3 is 5.63 Å². The third-order valence-corrected chi connectivity index (χ3v) is 4.14. The Balaban J connectivity index is 2.20. The SMILES string of the molecule is COc1ccc(C2=C(I)COc3cc(C)oc(=O)c32)cc1. The Labute approximate surface area is 135 Å². The van der Waals surface area contributed by atoms with E-state index < -0.39 is 0 Å². The summed E-state index contributed by atoms with van der Waals surface area (Å²) in [5, 5.41) is 0. The highest BCUT2D eigenvalue weighted by Crippen LogP contribution is 2.38. The fraction of sp³-hybridized carbons (Fsp3) is 0.188. The smallest absolute Gasteiger partial charge is 0.347 e. The number of aryl methyl sites for hydroxylation is 1. The molecule has 108 valence electrons. The van der Waals surface area contributed by atoms with Crippen LogP contribution in [0.4, 0.5) is 0 Å². The molecule has 1 aliphatic rings. The Kier molecular flexibility index (Phi) is 3.75. The lowest BCUT2D eigenvalue weighted by Crippen LogP contribution is -2.17. The molecule has 0 saturated heterocycles. The van der Waals surface area contributed by atoms with Crippen LogP contribution >= 0.6 is 22.6 Å². The zero-order chi connectivity index (χ0) is 15.0. The number of hydrogen-bond donors (Lipinski definition) is 0. The van der Waals surface area contributed by atoms with Gasteiger partial charge in [0.2, 0.25) is 0 Å². The van der Waals surface area contributed by atoms with Gasteiger partial charge in [0, 0.05) is 15.2 Å². The van der Waals surface area contributed by atoms with E-state index in [1.165, 1.54) is 0 Å². The lowest BCUT2D eigenvalue weighted by atomic mass is 9.97.